The standard InChI is InChI=1S/C20H18BrN3O3/c1-12(14-4-2-3-5-16(14)21)23-20(25)15-11-22-24-19(15)13-6-7-17-18(10-13)27-9-8-26-17/h2-7,10-12H,8-9H2,1H3,(H,22,24)(H,23,25)/t12-/m0/s1. The van der Waals surface area contributed by atoms with Crippen molar-refractivity contribution in [3.8, 4) is 22.8 Å². The van der Waals surface area contributed by atoms with Crippen LogP contribution in [0.25, 0.3) is 11.3 Å². The van der Waals surface area contributed by atoms with Gasteiger partial charge in [0, 0.05) is 10.0 Å². The Morgan fingerprint density at radius 2 is 1.96 bits per heavy atom. The summed E-state index contributed by atoms with van der Waals surface area (Å²) in [7, 11) is 0. The Balaban J connectivity index is 1.58. The molecule has 1 aliphatic rings. The van der Waals surface area contributed by atoms with Crippen LogP contribution in [0.5, 0.6) is 11.5 Å². The molecule has 0 saturated heterocycles. The fraction of sp³-hybridized carbons (Fsp3) is 0.200. The van der Waals surface area contributed by atoms with Crippen molar-refractivity contribution in [2.45, 2.75) is 13.0 Å². The molecule has 0 spiro atoms. The molecule has 0 fully saturated rings. The minimum absolute atomic E-state index is 0.156. The van der Waals surface area contributed by atoms with Crippen LogP contribution < -0.4 is 14.8 Å². The first kappa shape index (κ1) is 17.6. The number of benzene rings is 2. The van der Waals surface area contributed by atoms with E-state index in [2.05, 4.69) is 31.4 Å². The van der Waals surface area contributed by atoms with Crippen LogP contribution in [0.15, 0.2) is 53.1 Å². The van der Waals surface area contributed by atoms with E-state index in [0.29, 0.717) is 36.0 Å². The second-order valence-corrected chi connectivity index (χ2v) is 7.09. The van der Waals surface area contributed by atoms with E-state index < -0.39 is 0 Å². The summed E-state index contributed by atoms with van der Waals surface area (Å²) in [5.41, 5.74) is 2.94. The van der Waals surface area contributed by atoms with Gasteiger partial charge in [-0.2, -0.15) is 5.10 Å². The molecule has 0 aliphatic carbocycles. The maximum absolute atomic E-state index is 12.8. The molecule has 2 heterocycles. The highest BCUT2D eigenvalue weighted by molar-refractivity contribution is 9.10. The molecule has 1 aliphatic heterocycles. The van der Waals surface area contributed by atoms with Gasteiger partial charge in [0.2, 0.25) is 0 Å². The molecular formula is C20H18BrN3O3. The lowest BCUT2D eigenvalue weighted by Gasteiger charge is -2.19. The number of aromatic amines is 1. The summed E-state index contributed by atoms with van der Waals surface area (Å²) in [6.45, 7) is 3.00. The van der Waals surface area contributed by atoms with E-state index in [1.165, 1.54) is 6.20 Å². The minimum atomic E-state index is -0.197. The second kappa shape index (κ2) is 7.44. The van der Waals surface area contributed by atoms with E-state index >= 15 is 0 Å². The van der Waals surface area contributed by atoms with Crippen molar-refractivity contribution >= 4 is 21.8 Å². The predicted octanol–water partition coefficient (Wildman–Crippen LogP) is 4.10. The van der Waals surface area contributed by atoms with E-state index in [-0.39, 0.29) is 11.9 Å². The van der Waals surface area contributed by atoms with Gasteiger partial charge in [-0.25, -0.2) is 0 Å². The van der Waals surface area contributed by atoms with Gasteiger partial charge in [-0.15, -0.1) is 0 Å². The molecule has 1 atom stereocenters. The lowest BCUT2D eigenvalue weighted by atomic mass is 10.1. The van der Waals surface area contributed by atoms with Gasteiger partial charge in [-0.1, -0.05) is 34.1 Å². The second-order valence-electron chi connectivity index (χ2n) is 6.23. The van der Waals surface area contributed by atoms with Crippen molar-refractivity contribution in [2.75, 3.05) is 13.2 Å². The quantitative estimate of drug-likeness (QED) is 0.656. The first-order chi connectivity index (χ1) is 13.1. The molecule has 6 nitrogen and oxygen atoms in total. The summed E-state index contributed by atoms with van der Waals surface area (Å²) in [6, 6.07) is 13.2. The van der Waals surface area contributed by atoms with Crippen molar-refractivity contribution in [1.82, 2.24) is 15.5 Å². The average Bonchev–Trinajstić information content (AvgIpc) is 3.18. The van der Waals surface area contributed by atoms with Crippen molar-refractivity contribution < 1.29 is 14.3 Å². The summed E-state index contributed by atoms with van der Waals surface area (Å²) >= 11 is 3.53. The van der Waals surface area contributed by atoms with Crippen LogP contribution in [0.3, 0.4) is 0 Å². The Morgan fingerprint density at radius 1 is 1.19 bits per heavy atom. The van der Waals surface area contributed by atoms with E-state index in [1.807, 2.05) is 49.4 Å². The monoisotopic (exact) mass is 427 g/mol. The van der Waals surface area contributed by atoms with Crippen LogP contribution in [0.2, 0.25) is 0 Å². The van der Waals surface area contributed by atoms with Gasteiger partial charge >= 0.3 is 0 Å². The van der Waals surface area contributed by atoms with Gasteiger partial charge in [0.05, 0.1) is 23.5 Å². The number of halogens is 1. The van der Waals surface area contributed by atoms with Crippen LogP contribution in [0.4, 0.5) is 0 Å². The molecule has 2 aromatic carbocycles. The number of carbonyl (C=O) groups excluding carboxylic acids is 1. The van der Waals surface area contributed by atoms with Crippen LogP contribution >= 0.6 is 15.9 Å². The Labute approximate surface area is 165 Å². The number of rotatable bonds is 4. The van der Waals surface area contributed by atoms with Crippen LogP contribution in [-0.2, 0) is 0 Å². The third-order valence-electron chi connectivity index (χ3n) is 4.43. The van der Waals surface area contributed by atoms with Crippen molar-refractivity contribution in [2.24, 2.45) is 0 Å². The van der Waals surface area contributed by atoms with Gasteiger partial charge in [0.15, 0.2) is 11.5 Å². The third-order valence-corrected chi connectivity index (χ3v) is 5.16. The number of fused-ring (bicyclic) bond motifs is 1. The maximum atomic E-state index is 12.8. The van der Waals surface area contributed by atoms with Gasteiger partial charge in [-0.3, -0.25) is 9.89 Å². The molecule has 0 saturated carbocycles. The number of ether oxygens (including phenoxy) is 2. The number of nitrogens with one attached hydrogen (secondary N) is 2. The Bertz CT molecular complexity index is 986. The van der Waals surface area contributed by atoms with Gasteiger partial charge in [-0.05, 0) is 36.8 Å². The summed E-state index contributed by atoms with van der Waals surface area (Å²) in [6.07, 6.45) is 1.54. The molecule has 138 valence electrons. The third kappa shape index (κ3) is 3.55. The fourth-order valence-corrected chi connectivity index (χ4v) is 3.68. The first-order valence-electron chi connectivity index (χ1n) is 8.62. The molecule has 1 amide bonds. The summed E-state index contributed by atoms with van der Waals surface area (Å²) in [5.74, 6) is 1.18. The van der Waals surface area contributed by atoms with Crippen molar-refractivity contribution in [3.63, 3.8) is 0 Å². The summed E-state index contributed by atoms with van der Waals surface area (Å²) < 4.78 is 12.1. The Kier molecular flexibility index (Phi) is 4.85. The van der Waals surface area contributed by atoms with E-state index in [0.717, 1.165) is 15.6 Å². The van der Waals surface area contributed by atoms with E-state index in [1.54, 1.807) is 0 Å². The van der Waals surface area contributed by atoms with Crippen molar-refractivity contribution in [3.05, 3.63) is 64.3 Å². The van der Waals surface area contributed by atoms with Gasteiger partial charge in [0.1, 0.15) is 13.2 Å². The topological polar surface area (TPSA) is 76.2 Å². The highest BCUT2D eigenvalue weighted by Gasteiger charge is 2.20. The number of nitrogens with zero attached hydrogens (tertiary/aromatic N) is 1. The molecule has 4 rings (SSSR count). The molecule has 7 heteroatoms. The minimum Gasteiger partial charge on any atom is -0.486 e. The van der Waals surface area contributed by atoms with Crippen LogP contribution in [-0.4, -0.2) is 29.3 Å². The number of amides is 1. The molecule has 3 aromatic rings. The maximum Gasteiger partial charge on any atom is 0.255 e. The zero-order valence-corrected chi connectivity index (χ0v) is 16.2. The lowest BCUT2D eigenvalue weighted by Crippen LogP contribution is -2.27. The largest absolute Gasteiger partial charge is 0.486 e. The number of H-pyrrole nitrogens is 1. The van der Waals surface area contributed by atoms with E-state index in [4.69, 9.17) is 9.47 Å². The number of carbonyl (C=O) groups is 1. The molecule has 27 heavy (non-hydrogen) atoms. The number of aromatic nitrogens is 2. The molecule has 0 radical (unpaired) electrons. The Morgan fingerprint density at radius 3 is 2.78 bits per heavy atom. The van der Waals surface area contributed by atoms with Crippen LogP contribution in [0.1, 0.15) is 28.9 Å². The molecule has 0 bridgehead atoms. The zero-order valence-electron chi connectivity index (χ0n) is 14.7. The lowest BCUT2D eigenvalue weighted by molar-refractivity contribution is 0.0940. The van der Waals surface area contributed by atoms with Crippen LogP contribution in [0, 0.1) is 0 Å². The smallest absolute Gasteiger partial charge is 0.255 e. The molecule has 1 aromatic heterocycles. The summed E-state index contributed by atoms with van der Waals surface area (Å²) in [5, 5.41) is 10.0. The highest BCUT2D eigenvalue weighted by atomic mass is 79.9. The average molecular weight is 428 g/mol. The first-order valence-corrected chi connectivity index (χ1v) is 9.41. The zero-order chi connectivity index (χ0) is 18.8. The summed E-state index contributed by atoms with van der Waals surface area (Å²) in [4.78, 5) is 12.8. The Hall–Kier alpha value is -2.80. The highest BCUT2D eigenvalue weighted by Crippen LogP contribution is 2.35. The molecule has 0 unspecified atom stereocenters. The fourth-order valence-electron chi connectivity index (χ4n) is 3.06. The van der Waals surface area contributed by atoms with Gasteiger partial charge < -0.3 is 14.8 Å². The SMILES string of the molecule is C[C@H](NC(=O)c1cn[nH]c1-c1ccc2c(c1)OCCO2)c1ccccc1Br. The van der Waals surface area contributed by atoms with Gasteiger partial charge in [0.25, 0.3) is 5.91 Å². The van der Waals surface area contributed by atoms with E-state index in [9.17, 15) is 4.79 Å². The molecule has 2 N–H and O–H groups in total. The molecular weight excluding hydrogens is 410 g/mol. The van der Waals surface area contributed by atoms with Crippen molar-refractivity contribution in [1.29, 1.82) is 0 Å². The number of hydrogen-bond acceptors (Lipinski definition) is 4. The normalized spacial score (nSPS) is 13.9. The predicted molar refractivity (Wildman–Crippen MR) is 105 cm³/mol. The number of hydrogen-bond donors (Lipinski definition) is 2.